The minimum atomic E-state index is -3.54. The number of benzene rings is 1. The fourth-order valence-corrected chi connectivity index (χ4v) is 3.99. The van der Waals surface area contributed by atoms with E-state index >= 15 is 0 Å². The fraction of sp³-hybridized carbons (Fsp3) is 0.474. The van der Waals surface area contributed by atoms with Crippen LogP contribution in [0.15, 0.2) is 29.2 Å². The minimum Gasteiger partial charge on any atom is -0.350 e. The number of carbonyl (C=O) groups excluding carboxylic acids is 1. The standard InChI is InChI=1S/C19H28N4O3S/c1-7-13(2)20-19(24)17-10-8-16(9-11-17)12-23-15(4)18(14(3)21-23)27(25,26)22(5)6/h8-11,13H,7,12H2,1-6H3,(H,20,24)/t13-/m1/s1. The quantitative estimate of drug-likeness (QED) is 0.784. The normalized spacial score (nSPS) is 13.0. The molecule has 1 heterocycles. The molecule has 0 aliphatic heterocycles. The molecule has 0 saturated heterocycles. The van der Waals surface area contributed by atoms with Gasteiger partial charge in [0, 0.05) is 25.7 Å². The third kappa shape index (κ3) is 4.56. The lowest BCUT2D eigenvalue weighted by Gasteiger charge is -2.12. The molecule has 1 N–H and O–H groups in total. The summed E-state index contributed by atoms with van der Waals surface area (Å²) >= 11 is 0. The van der Waals surface area contributed by atoms with Crippen molar-refractivity contribution in [3.8, 4) is 0 Å². The molecule has 1 atom stereocenters. The predicted molar refractivity (Wildman–Crippen MR) is 105 cm³/mol. The lowest BCUT2D eigenvalue weighted by atomic mass is 10.1. The number of carbonyl (C=O) groups is 1. The highest BCUT2D eigenvalue weighted by Crippen LogP contribution is 2.22. The van der Waals surface area contributed by atoms with E-state index in [0.29, 0.717) is 23.5 Å². The summed E-state index contributed by atoms with van der Waals surface area (Å²) < 4.78 is 27.9. The molecule has 0 saturated carbocycles. The molecule has 0 spiro atoms. The monoisotopic (exact) mass is 392 g/mol. The number of amides is 1. The minimum absolute atomic E-state index is 0.0959. The van der Waals surface area contributed by atoms with Crippen LogP contribution in [0.3, 0.4) is 0 Å². The van der Waals surface area contributed by atoms with Gasteiger partial charge in [0.1, 0.15) is 4.90 Å². The summed E-state index contributed by atoms with van der Waals surface area (Å²) in [6.07, 6.45) is 0.875. The Morgan fingerprint density at radius 1 is 1.22 bits per heavy atom. The van der Waals surface area contributed by atoms with Gasteiger partial charge in [-0.3, -0.25) is 9.48 Å². The smallest absolute Gasteiger partial charge is 0.251 e. The van der Waals surface area contributed by atoms with Gasteiger partial charge in [-0.05, 0) is 44.9 Å². The number of aryl methyl sites for hydroxylation is 1. The number of aromatic nitrogens is 2. The molecule has 1 aromatic heterocycles. The Balaban J connectivity index is 2.23. The molecule has 1 aromatic carbocycles. The van der Waals surface area contributed by atoms with Crippen molar-refractivity contribution in [3.63, 3.8) is 0 Å². The van der Waals surface area contributed by atoms with E-state index in [-0.39, 0.29) is 16.8 Å². The summed E-state index contributed by atoms with van der Waals surface area (Å²) in [5.74, 6) is -0.0959. The molecule has 27 heavy (non-hydrogen) atoms. The molecule has 7 nitrogen and oxygen atoms in total. The van der Waals surface area contributed by atoms with Gasteiger partial charge in [0.05, 0.1) is 17.9 Å². The van der Waals surface area contributed by atoms with Crippen LogP contribution in [0.5, 0.6) is 0 Å². The van der Waals surface area contributed by atoms with Crippen molar-refractivity contribution in [2.45, 2.75) is 51.6 Å². The largest absolute Gasteiger partial charge is 0.350 e. The number of hydrogen-bond donors (Lipinski definition) is 1. The molecule has 2 aromatic rings. The second-order valence-corrected chi connectivity index (χ2v) is 9.01. The van der Waals surface area contributed by atoms with E-state index in [0.717, 1.165) is 12.0 Å². The zero-order chi connectivity index (χ0) is 20.4. The molecular weight excluding hydrogens is 364 g/mol. The van der Waals surface area contributed by atoms with Crippen molar-refractivity contribution < 1.29 is 13.2 Å². The second kappa shape index (κ2) is 8.22. The first kappa shape index (κ1) is 21.1. The average Bonchev–Trinajstić information content (AvgIpc) is 2.89. The molecule has 0 radical (unpaired) electrons. The van der Waals surface area contributed by atoms with Crippen molar-refractivity contribution in [2.75, 3.05) is 14.1 Å². The maximum absolute atomic E-state index is 12.5. The summed E-state index contributed by atoms with van der Waals surface area (Å²) in [6, 6.07) is 7.40. The van der Waals surface area contributed by atoms with Crippen LogP contribution in [0.1, 0.15) is 47.6 Å². The van der Waals surface area contributed by atoms with Crippen molar-refractivity contribution >= 4 is 15.9 Å². The third-order valence-corrected chi connectivity index (χ3v) is 6.66. The molecule has 1 amide bonds. The lowest BCUT2D eigenvalue weighted by Crippen LogP contribution is -2.31. The molecule has 148 valence electrons. The molecule has 0 fully saturated rings. The molecule has 8 heteroatoms. The van der Waals surface area contributed by atoms with E-state index < -0.39 is 10.0 Å². The zero-order valence-corrected chi connectivity index (χ0v) is 17.6. The van der Waals surface area contributed by atoms with Crippen LogP contribution in [-0.2, 0) is 16.6 Å². The molecule has 0 aliphatic rings. The Kier molecular flexibility index (Phi) is 6.43. The number of hydrogen-bond acceptors (Lipinski definition) is 4. The Bertz CT molecular complexity index is 915. The van der Waals surface area contributed by atoms with E-state index in [2.05, 4.69) is 10.4 Å². The van der Waals surface area contributed by atoms with E-state index in [9.17, 15) is 13.2 Å². The van der Waals surface area contributed by atoms with Crippen LogP contribution in [0.4, 0.5) is 0 Å². The lowest BCUT2D eigenvalue weighted by molar-refractivity contribution is 0.0939. The summed E-state index contributed by atoms with van der Waals surface area (Å²) in [4.78, 5) is 12.4. The van der Waals surface area contributed by atoms with Crippen molar-refractivity contribution in [1.29, 1.82) is 0 Å². The van der Waals surface area contributed by atoms with Crippen LogP contribution in [-0.4, -0.2) is 48.5 Å². The summed E-state index contributed by atoms with van der Waals surface area (Å²) in [5, 5.41) is 7.33. The number of sulfonamides is 1. The first-order valence-corrected chi connectivity index (χ1v) is 10.4. The van der Waals surface area contributed by atoms with Crippen LogP contribution in [0.25, 0.3) is 0 Å². The molecule has 0 bridgehead atoms. The Morgan fingerprint density at radius 2 is 1.81 bits per heavy atom. The van der Waals surface area contributed by atoms with Gasteiger partial charge in [-0.25, -0.2) is 12.7 Å². The highest BCUT2D eigenvalue weighted by Gasteiger charge is 2.26. The Labute approximate surface area is 161 Å². The highest BCUT2D eigenvalue weighted by molar-refractivity contribution is 7.89. The Hall–Kier alpha value is -2.19. The van der Waals surface area contributed by atoms with Gasteiger partial charge >= 0.3 is 0 Å². The number of nitrogens with zero attached hydrogens (tertiary/aromatic N) is 3. The van der Waals surface area contributed by atoms with Crippen LogP contribution >= 0.6 is 0 Å². The number of rotatable bonds is 7. The van der Waals surface area contributed by atoms with E-state index in [1.54, 1.807) is 30.7 Å². The summed E-state index contributed by atoms with van der Waals surface area (Å²) in [5.41, 5.74) is 2.61. The Morgan fingerprint density at radius 3 is 2.33 bits per heavy atom. The van der Waals surface area contributed by atoms with E-state index in [1.807, 2.05) is 26.0 Å². The van der Waals surface area contributed by atoms with Gasteiger partial charge in [0.15, 0.2) is 0 Å². The van der Waals surface area contributed by atoms with Crippen molar-refractivity contribution in [2.24, 2.45) is 0 Å². The molecular formula is C19H28N4O3S. The maximum atomic E-state index is 12.5. The van der Waals surface area contributed by atoms with E-state index in [4.69, 9.17) is 0 Å². The highest BCUT2D eigenvalue weighted by atomic mass is 32.2. The summed E-state index contributed by atoms with van der Waals surface area (Å²) in [7, 11) is -0.527. The molecule has 2 rings (SSSR count). The van der Waals surface area contributed by atoms with Gasteiger partial charge in [-0.2, -0.15) is 5.10 Å². The zero-order valence-electron chi connectivity index (χ0n) is 16.8. The topological polar surface area (TPSA) is 84.3 Å². The van der Waals surface area contributed by atoms with Gasteiger partial charge in [0.2, 0.25) is 10.0 Å². The predicted octanol–water partition coefficient (Wildman–Crippen LogP) is 2.33. The molecule has 0 unspecified atom stereocenters. The van der Waals surface area contributed by atoms with Crippen LogP contribution in [0, 0.1) is 13.8 Å². The number of nitrogens with one attached hydrogen (secondary N) is 1. The van der Waals surface area contributed by atoms with E-state index in [1.165, 1.54) is 18.4 Å². The second-order valence-electron chi connectivity index (χ2n) is 6.92. The first-order valence-electron chi connectivity index (χ1n) is 8.94. The van der Waals surface area contributed by atoms with Crippen LogP contribution in [0.2, 0.25) is 0 Å². The summed E-state index contributed by atoms with van der Waals surface area (Å²) in [6.45, 7) is 7.87. The first-order chi connectivity index (χ1) is 12.6. The fourth-order valence-electron chi connectivity index (χ4n) is 2.73. The van der Waals surface area contributed by atoms with Gasteiger partial charge in [-0.1, -0.05) is 19.1 Å². The molecule has 0 aliphatic carbocycles. The van der Waals surface area contributed by atoms with Crippen molar-refractivity contribution in [1.82, 2.24) is 19.4 Å². The third-order valence-electron chi connectivity index (χ3n) is 4.59. The van der Waals surface area contributed by atoms with Gasteiger partial charge in [-0.15, -0.1) is 0 Å². The average molecular weight is 393 g/mol. The van der Waals surface area contributed by atoms with Gasteiger partial charge < -0.3 is 5.32 Å². The maximum Gasteiger partial charge on any atom is 0.251 e. The van der Waals surface area contributed by atoms with Crippen LogP contribution < -0.4 is 5.32 Å². The van der Waals surface area contributed by atoms with Crippen molar-refractivity contribution in [3.05, 3.63) is 46.8 Å². The SMILES string of the molecule is CC[C@@H](C)NC(=O)c1ccc(Cn2nc(C)c(S(=O)(=O)N(C)C)c2C)cc1. The van der Waals surface area contributed by atoms with Gasteiger partial charge in [0.25, 0.3) is 5.91 Å².